The zero-order valence-electron chi connectivity index (χ0n) is 15.3. The third-order valence-corrected chi connectivity index (χ3v) is 5.22. The molecule has 0 aliphatic rings. The van der Waals surface area contributed by atoms with Crippen molar-refractivity contribution in [3.63, 3.8) is 0 Å². The summed E-state index contributed by atoms with van der Waals surface area (Å²) in [4.78, 5) is 24.0. The van der Waals surface area contributed by atoms with E-state index in [9.17, 15) is 4.79 Å². The first-order valence-electron chi connectivity index (χ1n) is 8.65. The lowest BCUT2D eigenvalue weighted by Crippen LogP contribution is -2.27. The summed E-state index contributed by atoms with van der Waals surface area (Å²) in [5, 5.41) is 5.67. The molecule has 3 heterocycles. The Bertz CT molecular complexity index is 1090. The van der Waals surface area contributed by atoms with Crippen LogP contribution >= 0.6 is 11.3 Å². The molecule has 4 aromatic rings. The van der Waals surface area contributed by atoms with Gasteiger partial charge in [-0.2, -0.15) is 4.98 Å². The smallest absolute Gasteiger partial charge is 0.271 e. The van der Waals surface area contributed by atoms with E-state index >= 15 is 0 Å². The lowest BCUT2D eigenvalue weighted by atomic mass is 10.1. The van der Waals surface area contributed by atoms with Gasteiger partial charge >= 0.3 is 0 Å². The maximum atomic E-state index is 12.9. The molecule has 0 radical (unpaired) electrons. The number of hydrogen-bond donors (Lipinski definition) is 0. The largest absolute Gasteiger partial charge is 0.340 e. The van der Waals surface area contributed by atoms with Crippen molar-refractivity contribution < 1.29 is 9.32 Å². The Labute approximate surface area is 160 Å². The molecule has 27 heavy (non-hydrogen) atoms. The Morgan fingerprint density at radius 1 is 1.26 bits per heavy atom. The number of amides is 1. The second-order valence-corrected chi connectivity index (χ2v) is 7.18. The van der Waals surface area contributed by atoms with E-state index < -0.39 is 0 Å². The Kier molecular flexibility index (Phi) is 4.49. The number of nitrogens with zero attached hydrogens (tertiary/aromatic N) is 5. The van der Waals surface area contributed by atoms with E-state index in [-0.39, 0.29) is 12.5 Å². The third kappa shape index (κ3) is 3.35. The number of hydrogen-bond acceptors (Lipinski definition) is 6. The predicted molar refractivity (Wildman–Crippen MR) is 103 cm³/mol. The van der Waals surface area contributed by atoms with Gasteiger partial charge in [0.1, 0.15) is 5.69 Å². The number of aryl methyl sites for hydroxylation is 2. The summed E-state index contributed by atoms with van der Waals surface area (Å²) in [6, 6.07) is 8.35. The monoisotopic (exact) mass is 381 g/mol. The van der Waals surface area contributed by atoms with Gasteiger partial charge in [-0.15, -0.1) is 11.3 Å². The van der Waals surface area contributed by atoms with Crippen LogP contribution in [0, 0.1) is 6.92 Å². The lowest BCUT2D eigenvalue weighted by Gasteiger charge is -2.14. The van der Waals surface area contributed by atoms with E-state index in [0.29, 0.717) is 17.4 Å². The molecule has 0 bridgehead atoms. The Morgan fingerprint density at radius 3 is 2.70 bits per heavy atom. The topological polar surface area (TPSA) is 76.5 Å². The molecule has 1 aromatic carbocycles. The summed E-state index contributed by atoms with van der Waals surface area (Å²) in [5.41, 5.74) is 3.75. The number of fused-ring (bicyclic) bond motifs is 1. The minimum atomic E-state index is -0.117. The predicted octanol–water partition coefficient (Wildman–Crippen LogP) is 3.59. The second kappa shape index (κ2) is 6.96. The van der Waals surface area contributed by atoms with Gasteiger partial charge in [-0.25, -0.2) is 4.98 Å². The molecule has 0 saturated heterocycles. The van der Waals surface area contributed by atoms with Crippen LogP contribution in [0.3, 0.4) is 0 Å². The van der Waals surface area contributed by atoms with Gasteiger partial charge in [-0.05, 0) is 12.0 Å². The Morgan fingerprint density at radius 2 is 2.04 bits per heavy atom. The summed E-state index contributed by atoms with van der Waals surface area (Å²) >= 11 is 1.45. The van der Waals surface area contributed by atoms with E-state index in [1.807, 2.05) is 16.0 Å². The average molecular weight is 381 g/mol. The molecule has 0 N–H and O–H groups in total. The maximum absolute atomic E-state index is 12.9. The molecule has 0 spiro atoms. The summed E-state index contributed by atoms with van der Waals surface area (Å²) in [6.45, 7) is 4.14. The number of rotatable bonds is 5. The first kappa shape index (κ1) is 17.4. The number of imidazole rings is 1. The molecular weight excluding hydrogens is 362 g/mol. The van der Waals surface area contributed by atoms with Gasteiger partial charge in [0.15, 0.2) is 10.8 Å². The van der Waals surface area contributed by atoms with E-state index in [4.69, 9.17) is 4.52 Å². The molecular formula is C19H19N5O2S. The van der Waals surface area contributed by atoms with Gasteiger partial charge in [0.25, 0.3) is 5.91 Å². The van der Waals surface area contributed by atoms with E-state index in [0.717, 1.165) is 22.6 Å². The van der Waals surface area contributed by atoms with Gasteiger partial charge < -0.3 is 9.42 Å². The molecule has 0 unspecified atom stereocenters. The van der Waals surface area contributed by atoms with Crippen molar-refractivity contribution in [3.8, 4) is 11.3 Å². The van der Waals surface area contributed by atoms with Crippen LogP contribution in [0.5, 0.6) is 0 Å². The molecule has 8 heteroatoms. The molecule has 0 saturated carbocycles. The molecule has 7 nitrogen and oxygen atoms in total. The molecule has 0 aliphatic heterocycles. The number of thiazole rings is 1. The Hall–Kier alpha value is -3.00. The lowest BCUT2D eigenvalue weighted by molar-refractivity contribution is 0.0774. The number of aromatic nitrogens is 4. The molecule has 3 aromatic heterocycles. The fraction of sp³-hybridized carbons (Fsp3) is 0.263. The SMILES string of the molecule is CCc1ccc(-c2cn3c(C(=O)N(C)Cc4noc(C)n4)csc3n2)cc1. The van der Waals surface area contributed by atoms with E-state index in [1.165, 1.54) is 16.9 Å². The molecule has 138 valence electrons. The quantitative estimate of drug-likeness (QED) is 0.528. The van der Waals surface area contributed by atoms with Crippen LogP contribution < -0.4 is 0 Å². The van der Waals surface area contributed by atoms with Crippen molar-refractivity contribution >= 4 is 22.2 Å². The fourth-order valence-corrected chi connectivity index (χ4v) is 3.72. The van der Waals surface area contributed by atoms with E-state index in [2.05, 4.69) is 46.3 Å². The zero-order chi connectivity index (χ0) is 19.0. The third-order valence-electron chi connectivity index (χ3n) is 4.38. The van der Waals surface area contributed by atoms with Crippen LogP contribution in [0.4, 0.5) is 0 Å². The van der Waals surface area contributed by atoms with Crippen LogP contribution in [-0.4, -0.2) is 37.4 Å². The minimum Gasteiger partial charge on any atom is -0.340 e. The molecule has 0 aliphatic carbocycles. The highest BCUT2D eigenvalue weighted by molar-refractivity contribution is 7.15. The second-order valence-electron chi connectivity index (χ2n) is 6.34. The van der Waals surface area contributed by atoms with Crippen molar-refractivity contribution in [2.75, 3.05) is 7.05 Å². The fourth-order valence-electron chi connectivity index (χ4n) is 2.87. The summed E-state index contributed by atoms with van der Waals surface area (Å²) in [6.07, 6.45) is 2.91. The number of carbonyl (C=O) groups excluding carboxylic acids is 1. The normalized spacial score (nSPS) is 11.2. The summed E-state index contributed by atoms with van der Waals surface area (Å²) < 4.78 is 6.80. The maximum Gasteiger partial charge on any atom is 0.271 e. The van der Waals surface area contributed by atoms with Crippen molar-refractivity contribution in [2.45, 2.75) is 26.8 Å². The molecule has 4 rings (SSSR count). The number of carbonyl (C=O) groups is 1. The van der Waals surface area contributed by atoms with Crippen LogP contribution in [-0.2, 0) is 13.0 Å². The zero-order valence-corrected chi connectivity index (χ0v) is 16.2. The van der Waals surface area contributed by atoms with Gasteiger partial charge in [-0.3, -0.25) is 9.20 Å². The molecule has 0 fully saturated rings. The van der Waals surface area contributed by atoms with Crippen molar-refractivity contribution in [3.05, 3.63) is 58.8 Å². The van der Waals surface area contributed by atoms with Crippen LogP contribution in [0.2, 0.25) is 0 Å². The first-order chi connectivity index (χ1) is 13.0. The van der Waals surface area contributed by atoms with Crippen LogP contribution in [0.15, 0.2) is 40.4 Å². The highest BCUT2D eigenvalue weighted by atomic mass is 32.1. The number of benzene rings is 1. The van der Waals surface area contributed by atoms with Gasteiger partial charge in [0, 0.05) is 31.1 Å². The minimum absolute atomic E-state index is 0.117. The Balaban J connectivity index is 1.60. The standard InChI is InChI=1S/C19H19N5O2S/c1-4-13-5-7-14(8-6-13)15-9-24-16(11-27-19(24)21-15)18(25)23(3)10-17-20-12(2)26-22-17/h5-9,11H,4,10H2,1-3H3. The van der Waals surface area contributed by atoms with E-state index in [1.54, 1.807) is 18.9 Å². The average Bonchev–Trinajstić information content (AvgIpc) is 3.37. The van der Waals surface area contributed by atoms with Crippen LogP contribution in [0.1, 0.15) is 34.7 Å². The van der Waals surface area contributed by atoms with Crippen LogP contribution in [0.25, 0.3) is 16.2 Å². The van der Waals surface area contributed by atoms with Crippen molar-refractivity contribution in [1.82, 2.24) is 24.4 Å². The first-order valence-corrected chi connectivity index (χ1v) is 9.53. The highest BCUT2D eigenvalue weighted by Gasteiger charge is 2.20. The van der Waals surface area contributed by atoms with Gasteiger partial charge in [0.2, 0.25) is 5.89 Å². The van der Waals surface area contributed by atoms with Crippen molar-refractivity contribution in [1.29, 1.82) is 0 Å². The highest BCUT2D eigenvalue weighted by Crippen LogP contribution is 2.25. The summed E-state index contributed by atoms with van der Waals surface area (Å²) in [5.74, 6) is 0.850. The van der Waals surface area contributed by atoms with Gasteiger partial charge in [-0.1, -0.05) is 36.3 Å². The van der Waals surface area contributed by atoms with Gasteiger partial charge in [0.05, 0.1) is 12.2 Å². The van der Waals surface area contributed by atoms with Crippen molar-refractivity contribution in [2.24, 2.45) is 0 Å². The summed E-state index contributed by atoms with van der Waals surface area (Å²) in [7, 11) is 1.72. The molecule has 0 atom stereocenters. The molecule has 1 amide bonds.